The molecule has 1 atom stereocenters. The maximum absolute atomic E-state index is 14.1. The topological polar surface area (TPSA) is 79.7 Å². The Balaban J connectivity index is 1.77. The van der Waals surface area contributed by atoms with Crippen LogP contribution in [0.5, 0.6) is 5.75 Å². The fraction of sp³-hybridized carbons (Fsp3) is 0.115. The van der Waals surface area contributed by atoms with Gasteiger partial charge in [-0.25, -0.2) is 18.2 Å². The standard InChI is InChI=1S/C26H17F3N2O4S/c1-12-4-3-5-13(8-12)22-21(23(32)15-9-14(27)6-7-19(15)35-2)24(33)25(34)31(22)26-30-18-10-16(28)17(29)11-20(18)36-26/h3-11,22,32H,1-2H3/b23-21+. The van der Waals surface area contributed by atoms with Crippen molar-refractivity contribution in [3.8, 4) is 5.75 Å². The van der Waals surface area contributed by atoms with E-state index in [1.807, 2.05) is 13.0 Å². The highest BCUT2D eigenvalue weighted by Crippen LogP contribution is 2.45. The van der Waals surface area contributed by atoms with E-state index in [1.54, 1.807) is 18.2 Å². The zero-order valence-corrected chi connectivity index (χ0v) is 19.7. The van der Waals surface area contributed by atoms with E-state index in [4.69, 9.17) is 4.74 Å². The lowest BCUT2D eigenvalue weighted by atomic mass is 9.94. The Labute approximate surface area is 206 Å². The molecule has 1 saturated heterocycles. The molecule has 1 fully saturated rings. The van der Waals surface area contributed by atoms with E-state index in [9.17, 15) is 27.9 Å². The second kappa shape index (κ2) is 8.80. The van der Waals surface area contributed by atoms with Crippen molar-refractivity contribution in [1.29, 1.82) is 0 Å². The summed E-state index contributed by atoms with van der Waals surface area (Å²) in [6.45, 7) is 1.81. The predicted molar refractivity (Wildman–Crippen MR) is 128 cm³/mol. The molecular formula is C26H17F3N2O4S. The van der Waals surface area contributed by atoms with Crippen LogP contribution in [0.4, 0.5) is 18.3 Å². The van der Waals surface area contributed by atoms with Crippen LogP contribution in [-0.4, -0.2) is 28.9 Å². The second-order valence-corrected chi connectivity index (χ2v) is 9.17. The summed E-state index contributed by atoms with van der Waals surface area (Å²) in [4.78, 5) is 31.9. The number of aryl methyl sites for hydroxylation is 1. The zero-order valence-electron chi connectivity index (χ0n) is 18.9. The van der Waals surface area contributed by atoms with Gasteiger partial charge in [-0.05, 0) is 36.8 Å². The van der Waals surface area contributed by atoms with Crippen LogP contribution in [0.3, 0.4) is 0 Å². The van der Waals surface area contributed by atoms with Crippen LogP contribution in [0.15, 0.2) is 60.2 Å². The molecule has 2 heterocycles. The van der Waals surface area contributed by atoms with E-state index < -0.39 is 40.9 Å². The van der Waals surface area contributed by atoms with Gasteiger partial charge in [0, 0.05) is 6.07 Å². The number of hydrogen-bond acceptors (Lipinski definition) is 6. The number of benzene rings is 3. The molecule has 1 amide bonds. The Bertz CT molecular complexity index is 1560. The number of fused-ring (bicyclic) bond motifs is 1. The van der Waals surface area contributed by atoms with Gasteiger partial charge >= 0.3 is 5.91 Å². The monoisotopic (exact) mass is 510 g/mol. The van der Waals surface area contributed by atoms with Crippen LogP contribution in [0.1, 0.15) is 22.7 Å². The Kier molecular flexibility index (Phi) is 5.76. The third-order valence-electron chi connectivity index (χ3n) is 5.84. The van der Waals surface area contributed by atoms with Crippen LogP contribution >= 0.6 is 11.3 Å². The highest BCUT2D eigenvalue weighted by atomic mass is 32.1. The summed E-state index contributed by atoms with van der Waals surface area (Å²) in [5, 5.41) is 11.2. The molecule has 0 radical (unpaired) electrons. The minimum Gasteiger partial charge on any atom is -0.507 e. The predicted octanol–water partition coefficient (Wildman–Crippen LogP) is 5.66. The highest BCUT2D eigenvalue weighted by Gasteiger charge is 2.48. The van der Waals surface area contributed by atoms with E-state index >= 15 is 0 Å². The molecule has 4 aromatic rings. The van der Waals surface area contributed by atoms with E-state index in [0.29, 0.717) is 5.56 Å². The number of thiazole rings is 1. The zero-order chi connectivity index (χ0) is 25.7. The van der Waals surface area contributed by atoms with Crippen LogP contribution < -0.4 is 9.64 Å². The lowest BCUT2D eigenvalue weighted by molar-refractivity contribution is -0.132. The van der Waals surface area contributed by atoms with Gasteiger partial charge in [0.05, 0.1) is 34.5 Å². The Hall–Kier alpha value is -4.18. The first-order valence-electron chi connectivity index (χ1n) is 10.7. The first-order chi connectivity index (χ1) is 17.2. The fourth-order valence-corrected chi connectivity index (χ4v) is 5.21. The van der Waals surface area contributed by atoms with Crippen molar-refractivity contribution in [2.45, 2.75) is 13.0 Å². The first kappa shape index (κ1) is 23.6. The molecule has 1 N–H and O–H groups in total. The number of Topliss-reactive ketones (excluding diaryl/α,β-unsaturated/α-hetero) is 1. The molecule has 5 rings (SSSR count). The quantitative estimate of drug-likeness (QED) is 0.218. The fourth-order valence-electron chi connectivity index (χ4n) is 4.21. The summed E-state index contributed by atoms with van der Waals surface area (Å²) >= 11 is 0.892. The summed E-state index contributed by atoms with van der Waals surface area (Å²) in [5.41, 5.74) is 0.982. The number of carbonyl (C=O) groups is 2. The molecule has 3 aromatic carbocycles. The van der Waals surface area contributed by atoms with Crippen molar-refractivity contribution >= 4 is 44.1 Å². The van der Waals surface area contributed by atoms with Crippen LogP contribution in [0.2, 0.25) is 0 Å². The third kappa shape index (κ3) is 3.79. The third-order valence-corrected chi connectivity index (χ3v) is 6.86. The molecule has 0 bridgehead atoms. The van der Waals surface area contributed by atoms with Gasteiger partial charge in [-0.15, -0.1) is 0 Å². The van der Waals surface area contributed by atoms with Crippen molar-refractivity contribution in [2.75, 3.05) is 12.0 Å². The molecule has 6 nitrogen and oxygen atoms in total. The van der Waals surface area contributed by atoms with Gasteiger partial charge in [-0.1, -0.05) is 41.2 Å². The number of anilines is 1. The average molecular weight is 510 g/mol. The highest BCUT2D eigenvalue weighted by molar-refractivity contribution is 7.22. The van der Waals surface area contributed by atoms with Crippen molar-refractivity contribution in [3.05, 3.63) is 94.3 Å². The number of rotatable bonds is 4. The summed E-state index contributed by atoms with van der Waals surface area (Å²) < 4.78 is 47.2. The largest absolute Gasteiger partial charge is 0.507 e. The molecule has 0 saturated carbocycles. The van der Waals surface area contributed by atoms with E-state index in [2.05, 4.69) is 4.98 Å². The van der Waals surface area contributed by atoms with Gasteiger partial charge in [0.25, 0.3) is 5.78 Å². The van der Waals surface area contributed by atoms with E-state index in [-0.39, 0.29) is 32.2 Å². The number of aromatic nitrogens is 1. The van der Waals surface area contributed by atoms with Crippen LogP contribution in [-0.2, 0) is 9.59 Å². The Morgan fingerprint density at radius 3 is 2.53 bits per heavy atom. The second-order valence-electron chi connectivity index (χ2n) is 8.16. The molecule has 182 valence electrons. The molecular weight excluding hydrogens is 493 g/mol. The first-order valence-corrected chi connectivity index (χ1v) is 11.5. The number of nitrogens with zero attached hydrogens (tertiary/aromatic N) is 2. The van der Waals surface area contributed by atoms with Crippen molar-refractivity contribution < 1.29 is 32.6 Å². The van der Waals surface area contributed by atoms with Gasteiger partial charge in [-0.2, -0.15) is 0 Å². The van der Waals surface area contributed by atoms with Gasteiger partial charge in [0.15, 0.2) is 16.8 Å². The number of hydrogen-bond donors (Lipinski definition) is 1. The number of halogens is 3. The number of methoxy groups -OCH3 is 1. The average Bonchev–Trinajstić information content (AvgIpc) is 3.36. The summed E-state index contributed by atoms with van der Waals surface area (Å²) in [7, 11) is 1.32. The lowest BCUT2D eigenvalue weighted by Gasteiger charge is -2.23. The summed E-state index contributed by atoms with van der Waals surface area (Å²) in [6, 6.07) is 11.1. The lowest BCUT2D eigenvalue weighted by Crippen LogP contribution is -2.29. The van der Waals surface area contributed by atoms with Crippen molar-refractivity contribution in [2.24, 2.45) is 0 Å². The normalized spacial score (nSPS) is 17.2. The van der Waals surface area contributed by atoms with E-state index in [1.165, 1.54) is 13.2 Å². The maximum atomic E-state index is 14.1. The molecule has 1 aromatic heterocycles. The van der Waals surface area contributed by atoms with Crippen LogP contribution in [0.25, 0.3) is 16.0 Å². The number of ether oxygens (including phenoxy) is 1. The molecule has 1 unspecified atom stereocenters. The molecule has 10 heteroatoms. The smallest absolute Gasteiger partial charge is 0.301 e. The molecule has 1 aliphatic rings. The Morgan fingerprint density at radius 2 is 1.81 bits per heavy atom. The molecule has 0 aliphatic carbocycles. The number of amides is 1. The maximum Gasteiger partial charge on any atom is 0.301 e. The Morgan fingerprint density at radius 1 is 1.06 bits per heavy atom. The van der Waals surface area contributed by atoms with Gasteiger partial charge in [0.2, 0.25) is 0 Å². The molecule has 36 heavy (non-hydrogen) atoms. The number of ketones is 1. The van der Waals surface area contributed by atoms with Gasteiger partial charge in [0.1, 0.15) is 17.3 Å². The summed E-state index contributed by atoms with van der Waals surface area (Å²) in [6.07, 6.45) is 0. The molecule has 1 aliphatic heterocycles. The van der Waals surface area contributed by atoms with Gasteiger partial charge in [-0.3, -0.25) is 14.5 Å². The van der Waals surface area contributed by atoms with Gasteiger partial charge < -0.3 is 9.84 Å². The van der Waals surface area contributed by atoms with Crippen LogP contribution in [0, 0.1) is 24.4 Å². The number of aliphatic hydroxyl groups is 1. The minimum atomic E-state index is -1.15. The number of carbonyl (C=O) groups excluding carboxylic acids is 2. The van der Waals surface area contributed by atoms with Crippen molar-refractivity contribution in [1.82, 2.24) is 4.98 Å². The number of aliphatic hydroxyl groups excluding tert-OH is 1. The summed E-state index contributed by atoms with van der Waals surface area (Å²) in [5.74, 6) is -5.43. The minimum absolute atomic E-state index is 0.00821. The van der Waals surface area contributed by atoms with E-state index in [0.717, 1.165) is 46.1 Å². The van der Waals surface area contributed by atoms with Crippen molar-refractivity contribution in [3.63, 3.8) is 0 Å². The SMILES string of the molecule is COc1ccc(F)cc1/C(O)=C1\C(=O)C(=O)N(c2nc3cc(F)c(F)cc3s2)C1c1cccc(C)c1. The molecule has 0 spiro atoms.